The topological polar surface area (TPSA) is 55.6 Å². The molecule has 0 radical (unpaired) electrons. The van der Waals surface area contributed by atoms with Crippen molar-refractivity contribution < 1.29 is 0 Å². The van der Waals surface area contributed by atoms with Gasteiger partial charge >= 0.3 is 0 Å². The third kappa shape index (κ3) is 2.44. The fourth-order valence-electron chi connectivity index (χ4n) is 1.17. The standard InChI is InChI=1S/C9H10IN5/c1-15-3-2-12-8(15)5-13-9-7(10)4-11-6-14-9/h2-4,6H,5H2,1H3,(H,11,13,14). The summed E-state index contributed by atoms with van der Waals surface area (Å²) in [5.74, 6) is 1.82. The van der Waals surface area contributed by atoms with Crippen molar-refractivity contribution in [3.8, 4) is 0 Å². The van der Waals surface area contributed by atoms with Gasteiger partial charge in [0.1, 0.15) is 18.0 Å². The Kier molecular flexibility index (Phi) is 3.14. The highest BCUT2D eigenvalue weighted by molar-refractivity contribution is 14.1. The quantitative estimate of drug-likeness (QED) is 0.871. The van der Waals surface area contributed by atoms with E-state index in [4.69, 9.17) is 0 Å². The third-order valence-electron chi connectivity index (χ3n) is 2.00. The second-order valence-corrected chi connectivity index (χ2v) is 4.19. The van der Waals surface area contributed by atoms with Crippen LogP contribution in [0.25, 0.3) is 0 Å². The van der Waals surface area contributed by atoms with Gasteiger partial charge in [0.15, 0.2) is 0 Å². The van der Waals surface area contributed by atoms with Crippen molar-refractivity contribution in [2.45, 2.75) is 6.54 Å². The maximum Gasteiger partial charge on any atom is 0.143 e. The summed E-state index contributed by atoms with van der Waals surface area (Å²) in [4.78, 5) is 12.3. The molecule has 78 valence electrons. The fourth-order valence-corrected chi connectivity index (χ4v) is 1.66. The van der Waals surface area contributed by atoms with Crippen LogP contribution in [-0.4, -0.2) is 19.5 Å². The van der Waals surface area contributed by atoms with Gasteiger partial charge in [0, 0.05) is 25.6 Å². The number of rotatable bonds is 3. The molecule has 0 bridgehead atoms. The second kappa shape index (κ2) is 4.56. The molecule has 0 aliphatic heterocycles. The minimum atomic E-state index is 0.663. The van der Waals surface area contributed by atoms with Crippen LogP contribution in [0.2, 0.25) is 0 Å². The van der Waals surface area contributed by atoms with E-state index in [1.807, 2.05) is 17.8 Å². The van der Waals surface area contributed by atoms with Crippen LogP contribution in [0, 0.1) is 3.57 Å². The first-order chi connectivity index (χ1) is 7.27. The monoisotopic (exact) mass is 315 g/mol. The molecular weight excluding hydrogens is 305 g/mol. The molecule has 2 heterocycles. The van der Waals surface area contributed by atoms with Gasteiger partial charge in [-0.15, -0.1) is 0 Å². The van der Waals surface area contributed by atoms with Gasteiger partial charge < -0.3 is 9.88 Å². The molecule has 2 rings (SSSR count). The number of aryl methyl sites for hydroxylation is 1. The summed E-state index contributed by atoms with van der Waals surface area (Å²) in [6.45, 7) is 0.663. The van der Waals surface area contributed by atoms with E-state index in [0.717, 1.165) is 15.2 Å². The van der Waals surface area contributed by atoms with Crippen LogP contribution in [-0.2, 0) is 13.6 Å². The van der Waals surface area contributed by atoms with Gasteiger partial charge in [-0.25, -0.2) is 15.0 Å². The molecule has 0 fully saturated rings. The van der Waals surface area contributed by atoms with Crippen molar-refractivity contribution in [3.05, 3.63) is 34.3 Å². The molecule has 15 heavy (non-hydrogen) atoms. The number of nitrogens with one attached hydrogen (secondary N) is 1. The molecule has 0 saturated heterocycles. The maximum absolute atomic E-state index is 4.22. The van der Waals surface area contributed by atoms with Crippen molar-refractivity contribution >= 4 is 28.4 Å². The van der Waals surface area contributed by atoms with Crippen LogP contribution in [0.4, 0.5) is 5.82 Å². The number of imidazole rings is 1. The van der Waals surface area contributed by atoms with Crippen molar-refractivity contribution in [3.63, 3.8) is 0 Å². The smallest absolute Gasteiger partial charge is 0.143 e. The molecule has 1 N–H and O–H groups in total. The lowest BCUT2D eigenvalue weighted by molar-refractivity contribution is 0.810. The molecule has 2 aromatic rings. The van der Waals surface area contributed by atoms with Crippen molar-refractivity contribution in [2.75, 3.05) is 5.32 Å². The Hall–Kier alpha value is -1.18. The summed E-state index contributed by atoms with van der Waals surface area (Å²) in [7, 11) is 1.97. The molecule has 6 heteroatoms. The first-order valence-corrected chi connectivity index (χ1v) is 5.51. The Morgan fingerprint density at radius 2 is 2.33 bits per heavy atom. The van der Waals surface area contributed by atoms with Crippen molar-refractivity contribution in [1.82, 2.24) is 19.5 Å². The molecule has 0 unspecified atom stereocenters. The van der Waals surface area contributed by atoms with E-state index in [0.29, 0.717) is 6.54 Å². The maximum atomic E-state index is 4.22. The Balaban J connectivity index is 2.06. The van der Waals surface area contributed by atoms with E-state index < -0.39 is 0 Å². The Morgan fingerprint density at radius 3 is 3.00 bits per heavy atom. The summed E-state index contributed by atoms with van der Waals surface area (Å²) in [6, 6.07) is 0. The summed E-state index contributed by atoms with van der Waals surface area (Å²) in [5.41, 5.74) is 0. The van der Waals surface area contributed by atoms with Gasteiger partial charge in [-0.05, 0) is 22.6 Å². The van der Waals surface area contributed by atoms with Crippen LogP contribution in [0.3, 0.4) is 0 Å². The largest absolute Gasteiger partial charge is 0.362 e. The second-order valence-electron chi connectivity index (χ2n) is 3.03. The minimum Gasteiger partial charge on any atom is -0.362 e. The van der Waals surface area contributed by atoms with Crippen molar-refractivity contribution in [2.24, 2.45) is 7.05 Å². The summed E-state index contributed by atoms with van der Waals surface area (Å²) in [5, 5.41) is 3.21. The summed E-state index contributed by atoms with van der Waals surface area (Å²) < 4.78 is 2.98. The zero-order chi connectivity index (χ0) is 10.7. The lowest BCUT2D eigenvalue weighted by Crippen LogP contribution is -2.07. The molecule has 0 atom stereocenters. The van der Waals surface area contributed by atoms with Crippen LogP contribution in [0.1, 0.15) is 5.82 Å². The van der Waals surface area contributed by atoms with Crippen LogP contribution in [0.15, 0.2) is 24.9 Å². The molecule has 2 aromatic heterocycles. The average Bonchev–Trinajstić information content (AvgIpc) is 2.63. The number of aromatic nitrogens is 4. The first kappa shape index (κ1) is 10.3. The van der Waals surface area contributed by atoms with Gasteiger partial charge in [-0.3, -0.25) is 0 Å². The van der Waals surface area contributed by atoms with E-state index in [-0.39, 0.29) is 0 Å². The number of hydrogen-bond donors (Lipinski definition) is 1. The molecule has 0 saturated carbocycles. The highest BCUT2D eigenvalue weighted by Crippen LogP contribution is 2.12. The molecule has 0 amide bonds. The van der Waals surface area contributed by atoms with Gasteiger partial charge in [0.2, 0.25) is 0 Å². The van der Waals surface area contributed by atoms with Gasteiger partial charge in [0.05, 0.1) is 10.1 Å². The zero-order valence-corrected chi connectivity index (χ0v) is 10.3. The molecule has 0 spiro atoms. The Bertz CT molecular complexity index is 453. The van der Waals surface area contributed by atoms with E-state index >= 15 is 0 Å². The number of anilines is 1. The predicted octanol–water partition coefficient (Wildman–Crippen LogP) is 1.43. The normalized spacial score (nSPS) is 10.3. The van der Waals surface area contributed by atoms with E-state index in [9.17, 15) is 0 Å². The van der Waals surface area contributed by atoms with Gasteiger partial charge in [-0.2, -0.15) is 0 Å². The summed E-state index contributed by atoms with van der Waals surface area (Å²) in [6.07, 6.45) is 7.00. The molecule has 0 aliphatic carbocycles. The van der Waals surface area contributed by atoms with E-state index in [1.165, 1.54) is 6.33 Å². The van der Waals surface area contributed by atoms with E-state index in [1.54, 1.807) is 12.4 Å². The number of hydrogen-bond acceptors (Lipinski definition) is 4. The van der Waals surface area contributed by atoms with Crippen LogP contribution >= 0.6 is 22.6 Å². The predicted molar refractivity (Wildman–Crippen MR) is 65.3 cm³/mol. The minimum absolute atomic E-state index is 0.663. The molecule has 0 aromatic carbocycles. The zero-order valence-electron chi connectivity index (χ0n) is 8.18. The highest BCUT2D eigenvalue weighted by atomic mass is 127. The van der Waals surface area contributed by atoms with Gasteiger partial charge in [-0.1, -0.05) is 0 Å². The average molecular weight is 315 g/mol. The number of nitrogens with zero attached hydrogens (tertiary/aromatic N) is 4. The van der Waals surface area contributed by atoms with Gasteiger partial charge in [0.25, 0.3) is 0 Å². The van der Waals surface area contributed by atoms with Crippen molar-refractivity contribution in [1.29, 1.82) is 0 Å². The Labute approximate surface area is 101 Å². The molecular formula is C9H10IN5. The van der Waals surface area contributed by atoms with Crippen LogP contribution in [0.5, 0.6) is 0 Å². The highest BCUT2D eigenvalue weighted by Gasteiger charge is 2.02. The molecule has 5 nitrogen and oxygen atoms in total. The third-order valence-corrected chi connectivity index (χ3v) is 2.79. The van der Waals surface area contributed by atoms with E-state index in [2.05, 4.69) is 42.9 Å². The SMILES string of the molecule is Cn1ccnc1CNc1ncncc1I. The lowest BCUT2D eigenvalue weighted by Gasteiger charge is -2.06. The number of halogens is 1. The Morgan fingerprint density at radius 1 is 1.47 bits per heavy atom. The van der Waals surface area contributed by atoms with Crippen LogP contribution < -0.4 is 5.32 Å². The molecule has 0 aliphatic rings. The first-order valence-electron chi connectivity index (χ1n) is 4.43. The lowest BCUT2D eigenvalue weighted by atomic mass is 10.5. The summed E-state index contributed by atoms with van der Waals surface area (Å²) >= 11 is 2.20. The fraction of sp³-hybridized carbons (Fsp3) is 0.222.